The van der Waals surface area contributed by atoms with Crippen molar-refractivity contribution in [2.45, 2.75) is 27.1 Å². The Morgan fingerprint density at radius 1 is 0.545 bits per heavy atom. The van der Waals surface area contributed by atoms with Crippen LogP contribution in [0.2, 0.25) is 10.0 Å². The molecule has 0 fully saturated rings. The number of pyridine rings is 4. The SMILES string of the molecule is CCOc1cc2ncc(C#N)c(Nc3ccc(OCc4ccccn4)c(Cl)c3)c2cc1NC(=O)C=CCN(C)C.CCOc1cc2ncc(C#N)c(Nc3ccc(OCc4ccccn4)c(Cl)c3)c2cc1NC(=O)C=CCN(C)C.O=C(O)/C=C\C(=O)O. The number of amides is 2. The number of nitrogens with zero attached hydrogens (tertiary/aromatic N) is 8. The third-order valence-electron chi connectivity index (χ3n) is 11.7. The number of hydrogen-bond acceptors (Lipinski definition) is 18. The number of hydrogen-bond donors (Lipinski definition) is 6. The zero-order chi connectivity index (χ0) is 63.5. The Labute approximate surface area is 517 Å². The van der Waals surface area contributed by atoms with Crippen LogP contribution in [0.5, 0.6) is 23.0 Å². The van der Waals surface area contributed by atoms with E-state index in [0.717, 1.165) is 11.4 Å². The standard InChI is InChI=1S/2C30H29ClN6O3.C4H4O4/c2*1-4-39-28-16-25-23(15-26(28)36-29(38)9-7-13-37(2)3)30(20(17-32)18-34-25)35-21-10-11-27(24(31)14-21)40-19-22-8-5-6-12-33-22;5-3(6)1-2-4(7)8/h2*5-12,14-16,18H,4,13,19H2,1-3H3,(H,34,35)(H,36,38);1-2H,(H,5,6)(H,7,8)/b;;2-1-. The van der Waals surface area contributed by atoms with E-state index in [9.17, 15) is 29.7 Å². The highest BCUT2D eigenvalue weighted by molar-refractivity contribution is 6.32. The molecule has 0 radical (unpaired) electrons. The number of likely N-dealkylation sites (N-methyl/N-ethyl adjacent to an activating group) is 2. The molecule has 24 heteroatoms. The molecule has 88 heavy (non-hydrogen) atoms. The number of rotatable bonds is 24. The molecule has 4 aromatic heterocycles. The van der Waals surface area contributed by atoms with E-state index in [1.807, 2.05) is 88.2 Å². The maximum atomic E-state index is 12.6. The highest BCUT2D eigenvalue weighted by Gasteiger charge is 2.19. The minimum absolute atomic E-state index is 0.280. The highest BCUT2D eigenvalue weighted by atomic mass is 35.5. The van der Waals surface area contributed by atoms with Gasteiger partial charge < -0.3 is 60.2 Å². The number of ether oxygens (including phenoxy) is 4. The molecule has 2 amide bonds. The summed E-state index contributed by atoms with van der Waals surface area (Å²) in [5, 5.41) is 49.7. The lowest BCUT2D eigenvalue weighted by molar-refractivity contribution is -0.134. The van der Waals surface area contributed by atoms with Gasteiger partial charge in [-0.25, -0.2) is 9.59 Å². The highest BCUT2D eigenvalue weighted by Crippen LogP contribution is 2.40. The van der Waals surface area contributed by atoms with Crippen molar-refractivity contribution in [3.8, 4) is 35.1 Å². The van der Waals surface area contributed by atoms with Gasteiger partial charge in [0.05, 0.1) is 79.6 Å². The Morgan fingerprint density at radius 3 is 1.28 bits per heavy atom. The number of carbonyl (C=O) groups is 4. The fraction of sp³-hybridized carbons (Fsp3) is 0.188. The van der Waals surface area contributed by atoms with Gasteiger partial charge in [-0.15, -0.1) is 0 Å². The molecular weight excluding hydrogens is 1170 g/mol. The van der Waals surface area contributed by atoms with Crippen LogP contribution >= 0.6 is 23.2 Å². The summed E-state index contributed by atoms with van der Waals surface area (Å²) in [7, 11) is 7.68. The van der Waals surface area contributed by atoms with Gasteiger partial charge >= 0.3 is 11.9 Å². The van der Waals surface area contributed by atoms with Crippen molar-refractivity contribution in [1.82, 2.24) is 29.7 Å². The summed E-state index contributed by atoms with van der Waals surface area (Å²) in [6.07, 6.45) is 14.0. The van der Waals surface area contributed by atoms with Crippen molar-refractivity contribution in [1.29, 1.82) is 10.5 Å². The van der Waals surface area contributed by atoms with Crippen molar-refractivity contribution in [2.75, 3.05) is 75.8 Å². The molecule has 0 bridgehead atoms. The van der Waals surface area contributed by atoms with E-state index in [0.29, 0.717) is 139 Å². The number of aromatic nitrogens is 4. The Hall–Kier alpha value is -10.6. The first kappa shape index (κ1) is 66.5. The zero-order valence-electron chi connectivity index (χ0n) is 48.7. The number of fused-ring (bicyclic) bond motifs is 2. The van der Waals surface area contributed by atoms with Crippen molar-refractivity contribution in [3.63, 3.8) is 0 Å². The molecule has 0 unspecified atom stereocenters. The Bertz CT molecular complexity index is 3680. The van der Waals surface area contributed by atoms with E-state index in [1.54, 1.807) is 85.2 Å². The second-order valence-electron chi connectivity index (χ2n) is 19.0. The van der Waals surface area contributed by atoms with Crippen molar-refractivity contribution >= 4 is 103 Å². The molecule has 8 rings (SSSR count). The van der Waals surface area contributed by atoms with Crippen LogP contribution in [0.25, 0.3) is 21.8 Å². The average Bonchev–Trinajstić information content (AvgIpc) is 1.17. The number of anilines is 6. The molecule has 0 aliphatic carbocycles. The second kappa shape index (κ2) is 33.8. The van der Waals surface area contributed by atoms with Gasteiger partial charge in [0.1, 0.15) is 48.4 Å². The molecule has 0 aliphatic heterocycles. The zero-order valence-corrected chi connectivity index (χ0v) is 50.3. The van der Waals surface area contributed by atoms with Gasteiger partial charge in [-0.2, -0.15) is 10.5 Å². The largest absolute Gasteiger partial charge is 0.492 e. The Morgan fingerprint density at radius 2 is 0.955 bits per heavy atom. The van der Waals surface area contributed by atoms with E-state index in [2.05, 4.69) is 53.3 Å². The quantitative estimate of drug-likeness (QED) is 0.0306. The van der Waals surface area contributed by atoms with Crippen molar-refractivity contribution in [2.24, 2.45) is 0 Å². The maximum absolute atomic E-state index is 12.6. The Kier molecular flexibility index (Phi) is 25.5. The molecule has 4 aromatic carbocycles. The molecule has 0 saturated carbocycles. The summed E-state index contributed by atoms with van der Waals surface area (Å²) >= 11 is 13.0. The number of carbonyl (C=O) groups excluding carboxylic acids is 2. The predicted octanol–water partition coefficient (Wildman–Crippen LogP) is 11.6. The van der Waals surface area contributed by atoms with E-state index >= 15 is 0 Å². The van der Waals surface area contributed by atoms with E-state index in [1.165, 1.54) is 24.5 Å². The van der Waals surface area contributed by atoms with Gasteiger partial charge in [-0.05, 0) is 115 Å². The molecule has 4 heterocycles. The number of aliphatic carboxylic acids is 2. The number of benzene rings is 4. The van der Waals surface area contributed by atoms with Crippen LogP contribution in [0, 0.1) is 22.7 Å². The fourth-order valence-corrected chi connectivity index (χ4v) is 8.28. The van der Waals surface area contributed by atoms with Crippen LogP contribution in [0.3, 0.4) is 0 Å². The van der Waals surface area contributed by atoms with Gasteiger partial charge in [0.2, 0.25) is 11.8 Å². The molecule has 0 spiro atoms. The summed E-state index contributed by atoms with van der Waals surface area (Å²) < 4.78 is 23.2. The van der Waals surface area contributed by atoms with Crippen LogP contribution in [0.15, 0.2) is 158 Å². The lowest BCUT2D eigenvalue weighted by Crippen LogP contribution is -2.13. The number of carboxylic acids is 2. The lowest BCUT2D eigenvalue weighted by Gasteiger charge is -2.16. The first-order chi connectivity index (χ1) is 42.4. The third-order valence-corrected chi connectivity index (χ3v) is 12.3. The number of nitrogens with one attached hydrogen (secondary N) is 4. The summed E-state index contributed by atoms with van der Waals surface area (Å²) in [5.41, 5.74) is 6.65. The monoisotopic (exact) mass is 1230 g/mol. The minimum Gasteiger partial charge on any atom is -0.492 e. The average molecular weight is 1230 g/mol. The van der Waals surface area contributed by atoms with Crippen LogP contribution < -0.4 is 40.2 Å². The van der Waals surface area contributed by atoms with E-state index < -0.39 is 11.9 Å². The topological polar surface area (TPSA) is 299 Å². The molecule has 22 nitrogen and oxygen atoms in total. The van der Waals surface area contributed by atoms with Crippen LogP contribution in [0.1, 0.15) is 36.4 Å². The first-order valence-electron chi connectivity index (χ1n) is 26.9. The summed E-state index contributed by atoms with van der Waals surface area (Å²) in [5.74, 6) is -1.14. The first-order valence-corrected chi connectivity index (χ1v) is 27.7. The van der Waals surface area contributed by atoms with E-state index in [-0.39, 0.29) is 25.0 Å². The molecule has 8 aromatic rings. The number of nitriles is 2. The van der Waals surface area contributed by atoms with Gasteiger partial charge in [-0.3, -0.25) is 29.5 Å². The normalized spacial score (nSPS) is 10.9. The molecule has 0 aliphatic rings. The van der Waals surface area contributed by atoms with Gasteiger partial charge in [0, 0.05) is 96.5 Å². The third kappa shape index (κ3) is 20.6. The number of carboxylic acid groups (broad SMARTS) is 2. The summed E-state index contributed by atoms with van der Waals surface area (Å²) in [4.78, 5) is 65.6. The summed E-state index contributed by atoms with van der Waals surface area (Å²) in [6, 6.07) is 33.1. The predicted molar refractivity (Wildman–Crippen MR) is 339 cm³/mol. The lowest BCUT2D eigenvalue weighted by atomic mass is 10.1. The molecule has 452 valence electrons. The van der Waals surface area contributed by atoms with Gasteiger partial charge in [0.15, 0.2) is 0 Å². The van der Waals surface area contributed by atoms with E-state index in [4.69, 9.17) is 52.4 Å². The van der Waals surface area contributed by atoms with Crippen LogP contribution in [-0.2, 0) is 32.4 Å². The van der Waals surface area contributed by atoms with Crippen molar-refractivity contribution in [3.05, 3.63) is 191 Å². The molecular formula is C64H62Cl2N12O10. The Balaban J connectivity index is 0.000000250. The smallest absolute Gasteiger partial charge is 0.328 e. The van der Waals surface area contributed by atoms with Crippen molar-refractivity contribution < 1.29 is 48.3 Å². The van der Waals surface area contributed by atoms with Gasteiger partial charge in [-0.1, -0.05) is 47.5 Å². The molecule has 0 atom stereocenters. The second-order valence-corrected chi connectivity index (χ2v) is 19.8. The van der Waals surface area contributed by atoms with Crippen LogP contribution in [-0.4, -0.2) is 118 Å². The van der Waals surface area contributed by atoms with Crippen LogP contribution in [0.4, 0.5) is 34.1 Å². The number of halogens is 2. The van der Waals surface area contributed by atoms with Gasteiger partial charge in [0.25, 0.3) is 0 Å². The summed E-state index contributed by atoms with van der Waals surface area (Å²) in [6.45, 7) is 6.34. The fourth-order valence-electron chi connectivity index (χ4n) is 7.81. The minimum atomic E-state index is -1.26. The maximum Gasteiger partial charge on any atom is 0.328 e. The molecule has 0 saturated heterocycles. The molecule has 6 N–H and O–H groups in total.